The van der Waals surface area contributed by atoms with Crippen molar-refractivity contribution in [1.82, 2.24) is 0 Å². The monoisotopic (exact) mass is 339 g/mol. The van der Waals surface area contributed by atoms with Crippen LogP contribution in [0.1, 0.15) is 17.3 Å². The highest BCUT2D eigenvalue weighted by Gasteiger charge is 2.06. The highest BCUT2D eigenvalue weighted by Crippen LogP contribution is 2.26. The van der Waals surface area contributed by atoms with Crippen molar-refractivity contribution < 1.29 is 4.79 Å². The number of rotatable bonds is 1. The third kappa shape index (κ3) is 1.98. The molecule has 0 aliphatic carbocycles. The van der Waals surface area contributed by atoms with Crippen LogP contribution in [0.5, 0.6) is 0 Å². The van der Waals surface area contributed by atoms with Crippen molar-refractivity contribution in [3.05, 3.63) is 25.7 Å². The Morgan fingerprint density at radius 3 is 2.58 bits per heavy atom. The molecule has 1 rings (SSSR count). The number of hydrogen-bond acceptors (Lipinski definition) is 2. The highest BCUT2D eigenvalue weighted by atomic mass is 127. The van der Waals surface area contributed by atoms with Gasteiger partial charge in [0.2, 0.25) is 0 Å². The molecule has 0 spiro atoms. The van der Waals surface area contributed by atoms with E-state index < -0.39 is 0 Å². The number of carbonyl (C=O) groups excluding carboxylic acids is 1. The molecule has 4 heteroatoms. The SMILES string of the molecule is CC(=O)c1cc(Br)c(N)c(I)c1. The molecule has 0 atom stereocenters. The fourth-order valence-electron chi connectivity index (χ4n) is 0.788. The van der Waals surface area contributed by atoms with Gasteiger partial charge in [0.25, 0.3) is 0 Å². The summed E-state index contributed by atoms with van der Waals surface area (Å²) in [5.74, 6) is 0.0496. The lowest BCUT2D eigenvalue weighted by molar-refractivity contribution is 0.101. The van der Waals surface area contributed by atoms with Crippen LogP contribution in [0, 0.1) is 3.57 Å². The van der Waals surface area contributed by atoms with Crippen LogP contribution < -0.4 is 5.73 Å². The Kier molecular flexibility index (Phi) is 3.11. The van der Waals surface area contributed by atoms with E-state index in [2.05, 4.69) is 38.5 Å². The maximum Gasteiger partial charge on any atom is 0.159 e. The first-order valence-electron chi connectivity index (χ1n) is 3.28. The molecule has 0 amide bonds. The second kappa shape index (κ2) is 3.74. The van der Waals surface area contributed by atoms with Crippen LogP contribution in [-0.4, -0.2) is 5.78 Å². The summed E-state index contributed by atoms with van der Waals surface area (Å²) in [6, 6.07) is 3.52. The summed E-state index contributed by atoms with van der Waals surface area (Å²) in [4.78, 5) is 11.0. The van der Waals surface area contributed by atoms with Gasteiger partial charge in [0, 0.05) is 13.6 Å². The summed E-state index contributed by atoms with van der Waals surface area (Å²) < 4.78 is 1.67. The van der Waals surface area contributed by atoms with Crippen LogP contribution >= 0.6 is 38.5 Å². The van der Waals surface area contributed by atoms with Crippen molar-refractivity contribution in [1.29, 1.82) is 0 Å². The van der Waals surface area contributed by atoms with E-state index >= 15 is 0 Å². The summed E-state index contributed by atoms with van der Waals surface area (Å²) in [6.07, 6.45) is 0. The second-order valence-corrected chi connectivity index (χ2v) is 4.43. The molecule has 0 bridgehead atoms. The molecule has 1 aromatic carbocycles. The zero-order valence-electron chi connectivity index (χ0n) is 6.40. The molecular formula is C8H7BrINO. The maximum absolute atomic E-state index is 11.0. The van der Waals surface area contributed by atoms with Crippen molar-refractivity contribution in [3.63, 3.8) is 0 Å². The van der Waals surface area contributed by atoms with Crippen molar-refractivity contribution in [3.8, 4) is 0 Å². The van der Waals surface area contributed by atoms with Gasteiger partial charge in [-0.25, -0.2) is 0 Å². The van der Waals surface area contributed by atoms with E-state index in [9.17, 15) is 4.79 Å². The molecule has 0 aliphatic rings. The van der Waals surface area contributed by atoms with E-state index in [-0.39, 0.29) is 5.78 Å². The van der Waals surface area contributed by atoms with Crippen LogP contribution in [-0.2, 0) is 0 Å². The average Bonchev–Trinajstić information content (AvgIpc) is 1.99. The van der Waals surface area contributed by atoms with E-state index in [1.807, 2.05) is 0 Å². The van der Waals surface area contributed by atoms with E-state index in [4.69, 9.17) is 5.73 Å². The fourth-order valence-corrected chi connectivity index (χ4v) is 2.24. The summed E-state index contributed by atoms with van der Waals surface area (Å²) in [7, 11) is 0. The van der Waals surface area contributed by atoms with Crippen LogP contribution in [0.25, 0.3) is 0 Å². The molecular weight excluding hydrogens is 333 g/mol. The smallest absolute Gasteiger partial charge is 0.159 e. The summed E-state index contributed by atoms with van der Waals surface area (Å²) in [6.45, 7) is 1.54. The van der Waals surface area contributed by atoms with E-state index in [0.29, 0.717) is 11.3 Å². The molecule has 0 saturated carbocycles. The number of halogens is 2. The molecule has 0 unspecified atom stereocenters. The summed E-state index contributed by atoms with van der Waals surface area (Å²) in [5.41, 5.74) is 7.05. The molecule has 0 aromatic heterocycles. The molecule has 0 saturated heterocycles. The lowest BCUT2D eigenvalue weighted by Gasteiger charge is -2.03. The van der Waals surface area contributed by atoms with Gasteiger partial charge in [-0.2, -0.15) is 0 Å². The predicted octanol–water partition coefficient (Wildman–Crippen LogP) is 2.84. The first-order chi connectivity index (χ1) is 5.52. The van der Waals surface area contributed by atoms with Crippen LogP contribution in [0.15, 0.2) is 16.6 Å². The van der Waals surface area contributed by atoms with E-state index in [1.54, 1.807) is 12.1 Å². The standard InChI is InChI=1S/C8H7BrINO/c1-4(12)5-2-6(9)8(11)7(10)3-5/h2-3H,11H2,1H3. The minimum Gasteiger partial charge on any atom is -0.397 e. The van der Waals surface area contributed by atoms with Gasteiger partial charge < -0.3 is 5.73 Å². The maximum atomic E-state index is 11.0. The van der Waals surface area contributed by atoms with Gasteiger partial charge in [0.05, 0.1) is 5.69 Å². The Labute approximate surface area is 92.8 Å². The van der Waals surface area contributed by atoms with Gasteiger partial charge in [-0.05, 0) is 57.6 Å². The Morgan fingerprint density at radius 2 is 2.17 bits per heavy atom. The number of benzene rings is 1. The first kappa shape index (κ1) is 9.98. The molecule has 0 aliphatic heterocycles. The molecule has 0 fully saturated rings. The van der Waals surface area contributed by atoms with E-state index in [1.165, 1.54) is 6.92 Å². The van der Waals surface area contributed by atoms with Gasteiger partial charge in [0.1, 0.15) is 0 Å². The first-order valence-corrected chi connectivity index (χ1v) is 5.15. The third-order valence-corrected chi connectivity index (χ3v) is 3.03. The number of carbonyl (C=O) groups is 1. The fraction of sp³-hybridized carbons (Fsp3) is 0.125. The topological polar surface area (TPSA) is 43.1 Å². The van der Waals surface area contributed by atoms with Gasteiger partial charge in [-0.1, -0.05) is 0 Å². The predicted molar refractivity (Wildman–Crippen MR) is 61.3 cm³/mol. The van der Waals surface area contributed by atoms with Gasteiger partial charge >= 0.3 is 0 Å². The quantitative estimate of drug-likeness (QED) is 0.485. The normalized spacial score (nSPS) is 9.92. The van der Waals surface area contributed by atoms with Crippen molar-refractivity contribution in [2.45, 2.75) is 6.92 Å². The molecule has 0 heterocycles. The second-order valence-electron chi connectivity index (χ2n) is 2.41. The summed E-state index contributed by atoms with van der Waals surface area (Å²) in [5, 5.41) is 0. The lowest BCUT2D eigenvalue weighted by Crippen LogP contribution is -1.97. The highest BCUT2D eigenvalue weighted by molar-refractivity contribution is 14.1. The molecule has 2 nitrogen and oxygen atoms in total. The van der Waals surface area contributed by atoms with E-state index in [0.717, 1.165) is 8.04 Å². The average molecular weight is 340 g/mol. The minimum absolute atomic E-state index is 0.0496. The number of Topliss-reactive ketones (excluding diaryl/α,β-unsaturated/α-hetero) is 1. The van der Waals surface area contributed by atoms with Crippen LogP contribution in [0.3, 0.4) is 0 Å². The Balaban J connectivity index is 3.31. The van der Waals surface area contributed by atoms with Crippen molar-refractivity contribution in [2.75, 3.05) is 5.73 Å². The zero-order chi connectivity index (χ0) is 9.30. The summed E-state index contributed by atoms with van der Waals surface area (Å²) >= 11 is 5.38. The molecule has 12 heavy (non-hydrogen) atoms. The van der Waals surface area contributed by atoms with Gasteiger partial charge in [0.15, 0.2) is 5.78 Å². The number of anilines is 1. The Morgan fingerprint density at radius 1 is 1.58 bits per heavy atom. The molecule has 2 N–H and O–H groups in total. The van der Waals surface area contributed by atoms with Crippen LogP contribution in [0.2, 0.25) is 0 Å². The van der Waals surface area contributed by atoms with Gasteiger partial charge in [-0.3, -0.25) is 4.79 Å². The number of nitrogen functional groups attached to an aromatic ring is 1. The lowest BCUT2D eigenvalue weighted by atomic mass is 10.1. The van der Waals surface area contributed by atoms with Crippen molar-refractivity contribution >= 4 is 50.0 Å². The van der Waals surface area contributed by atoms with Crippen LogP contribution in [0.4, 0.5) is 5.69 Å². The molecule has 0 radical (unpaired) electrons. The number of hydrogen-bond donors (Lipinski definition) is 1. The Hall–Kier alpha value is -0.100. The number of nitrogens with two attached hydrogens (primary N) is 1. The largest absolute Gasteiger partial charge is 0.397 e. The molecule has 64 valence electrons. The van der Waals surface area contributed by atoms with Crippen molar-refractivity contribution in [2.24, 2.45) is 0 Å². The molecule has 1 aromatic rings. The Bertz CT molecular complexity index is 315. The minimum atomic E-state index is 0.0496. The number of ketones is 1. The third-order valence-electron chi connectivity index (χ3n) is 1.49. The van der Waals surface area contributed by atoms with Gasteiger partial charge in [-0.15, -0.1) is 0 Å². The zero-order valence-corrected chi connectivity index (χ0v) is 10.1.